The summed E-state index contributed by atoms with van der Waals surface area (Å²) in [5.74, 6) is 0. The topological polar surface area (TPSA) is 37.4 Å². The highest BCUT2D eigenvalue weighted by Gasteiger charge is 2.27. The molecule has 0 aromatic heterocycles. The Morgan fingerprint density at radius 2 is 1.52 bits per heavy atom. The third-order valence-electron chi connectivity index (χ3n) is 4.32. The molecule has 0 heterocycles. The van der Waals surface area contributed by atoms with E-state index < -0.39 is 10.0 Å². The van der Waals surface area contributed by atoms with Crippen LogP contribution in [-0.4, -0.2) is 19.8 Å². The standard InChI is InChI=1S/C18H22ClNO2S/c1-12-10-13(2)15(4)18(14(12)3)23(21,22)20(5)11-16-8-6-7-9-17(16)19/h6-10H,11H2,1-5H3. The normalized spacial score (nSPS) is 12.0. The number of sulfonamides is 1. The van der Waals surface area contributed by atoms with Crippen LogP contribution in [0.25, 0.3) is 0 Å². The van der Waals surface area contributed by atoms with Crippen molar-refractivity contribution in [3.05, 3.63) is 63.2 Å². The molecule has 0 saturated heterocycles. The molecule has 0 N–H and O–H groups in total. The lowest BCUT2D eigenvalue weighted by molar-refractivity contribution is 0.465. The lowest BCUT2D eigenvalue weighted by Gasteiger charge is -2.22. The van der Waals surface area contributed by atoms with Gasteiger partial charge in [0.15, 0.2) is 0 Å². The molecule has 0 bridgehead atoms. The third-order valence-corrected chi connectivity index (χ3v) is 6.76. The number of benzene rings is 2. The minimum atomic E-state index is -3.59. The summed E-state index contributed by atoms with van der Waals surface area (Å²) < 4.78 is 27.5. The van der Waals surface area contributed by atoms with Crippen molar-refractivity contribution >= 4 is 21.6 Å². The highest BCUT2D eigenvalue weighted by Crippen LogP contribution is 2.29. The lowest BCUT2D eigenvalue weighted by Crippen LogP contribution is -2.28. The average molecular weight is 352 g/mol. The zero-order valence-electron chi connectivity index (χ0n) is 14.1. The maximum atomic E-state index is 13.1. The molecular weight excluding hydrogens is 330 g/mol. The van der Waals surface area contributed by atoms with Gasteiger partial charge < -0.3 is 0 Å². The Kier molecular flexibility index (Phi) is 5.19. The Bertz CT molecular complexity index is 818. The lowest BCUT2D eigenvalue weighted by atomic mass is 10.0. The molecule has 2 aromatic carbocycles. The molecule has 0 amide bonds. The molecule has 0 radical (unpaired) electrons. The third kappa shape index (κ3) is 3.44. The van der Waals surface area contributed by atoms with Gasteiger partial charge in [0.1, 0.15) is 0 Å². The largest absolute Gasteiger partial charge is 0.243 e. The van der Waals surface area contributed by atoms with Crippen LogP contribution in [-0.2, 0) is 16.6 Å². The van der Waals surface area contributed by atoms with Crippen molar-refractivity contribution in [1.82, 2.24) is 4.31 Å². The molecule has 5 heteroatoms. The number of aryl methyl sites for hydroxylation is 2. The second-order valence-corrected chi connectivity index (χ2v) is 8.33. The van der Waals surface area contributed by atoms with Crippen molar-refractivity contribution in [3.8, 4) is 0 Å². The van der Waals surface area contributed by atoms with Gasteiger partial charge in [-0.15, -0.1) is 0 Å². The molecule has 2 rings (SSSR count). The van der Waals surface area contributed by atoms with E-state index in [4.69, 9.17) is 11.6 Å². The fourth-order valence-electron chi connectivity index (χ4n) is 2.67. The number of hydrogen-bond donors (Lipinski definition) is 0. The Morgan fingerprint density at radius 1 is 1.00 bits per heavy atom. The molecule has 124 valence electrons. The summed E-state index contributed by atoms with van der Waals surface area (Å²) in [6.07, 6.45) is 0. The van der Waals surface area contributed by atoms with E-state index in [2.05, 4.69) is 0 Å². The van der Waals surface area contributed by atoms with Crippen LogP contribution in [0.1, 0.15) is 27.8 Å². The van der Waals surface area contributed by atoms with Crippen LogP contribution in [0.5, 0.6) is 0 Å². The van der Waals surface area contributed by atoms with Gasteiger partial charge in [0.05, 0.1) is 4.90 Å². The van der Waals surface area contributed by atoms with E-state index >= 15 is 0 Å². The smallest absolute Gasteiger partial charge is 0.207 e. The highest BCUT2D eigenvalue weighted by atomic mass is 35.5. The molecule has 0 saturated carbocycles. The molecule has 0 atom stereocenters. The molecule has 0 aliphatic rings. The van der Waals surface area contributed by atoms with Gasteiger partial charge in [0.25, 0.3) is 0 Å². The van der Waals surface area contributed by atoms with Crippen molar-refractivity contribution in [3.63, 3.8) is 0 Å². The average Bonchev–Trinajstić information content (AvgIpc) is 2.47. The van der Waals surface area contributed by atoms with E-state index in [0.717, 1.165) is 27.8 Å². The van der Waals surface area contributed by atoms with Crippen LogP contribution >= 0.6 is 11.6 Å². The highest BCUT2D eigenvalue weighted by molar-refractivity contribution is 7.89. The predicted octanol–water partition coefficient (Wildman–Crippen LogP) is 4.39. The van der Waals surface area contributed by atoms with Gasteiger partial charge in [0.2, 0.25) is 10.0 Å². The van der Waals surface area contributed by atoms with Crippen LogP contribution in [0.4, 0.5) is 0 Å². The fraction of sp³-hybridized carbons (Fsp3) is 0.333. The van der Waals surface area contributed by atoms with E-state index in [1.165, 1.54) is 4.31 Å². The van der Waals surface area contributed by atoms with Crippen molar-refractivity contribution < 1.29 is 8.42 Å². The maximum absolute atomic E-state index is 13.1. The Balaban J connectivity index is 2.49. The quantitative estimate of drug-likeness (QED) is 0.819. The van der Waals surface area contributed by atoms with E-state index in [1.54, 1.807) is 13.1 Å². The van der Waals surface area contributed by atoms with Crippen molar-refractivity contribution in [2.24, 2.45) is 0 Å². The summed E-state index contributed by atoms with van der Waals surface area (Å²) in [7, 11) is -1.99. The molecule has 0 aliphatic carbocycles. The zero-order valence-corrected chi connectivity index (χ0v) is 15.7. The Morgan fingerprint density at radius 3 is 2.04 bits per heavy atom. The summed E-state index contributed by atoms with van der Waals surface area (Å²) in [6, 6.07) is 9.32. The van der Waals surface area contributed by atoms with Gasteiger partial charge >= 0.3 is 0 Å². The van der Waals surface area contributed by atoms with Crippen LogP contribution in [0.2, 0.25) is 5.02 Å². The molecular formula is C18H22ClNO2S. The second-order valence-electron chi connectivity index (χ2n) is 5.94. The summed E-state index contributed by atoms with van der Waals surface area (Å²) in [5.41, 5.74) is 4.37. The number of halogens is 1. The number of nitrogens with zero attached hydrogens (tertiary/aromatic N) is 1. The van der Waals surface area contributed by atoms with E-state index in [0.29, 0.717) is 9.92 Å². The van der Waals surface area contributed by atoms with Gasteiger partial charge in [-0.05, 0) is 61.6 Å². The van der Waals surface area contributed by atoms with Crippen molar-refractivity contribution in [2.75, 3.05) is 7.05 Å². The molecule has 2 aromatic rings. The van der Waals surface area contributed by atoms with Crippen LogP contribution in [0.3, 0.4) is 0 Å². The first-order valence-electron chi connectivity index (χ1n) is 7.43. The number of hydrogen-bond acceptors (Lipinski definition) is 2. The van der Waals surface area contributed by atoms with Crippen LogP contribution in [0.15, 0.2) is 35.2 Å². The Labute approximate surface area is 144 Å². The maximum Gasteiger partial charge on any atom is 0.243 e. The van der Waals surface area contributed by atoms with Crippen molar-refractivity contribution in [2.45, 2.75) is 39.1 Å². The monoisotopic (exact) mass is 351 g/mol. The Hall–Kier alpha value is -1.36. The van der Waals surface area contributed by atoms with Gasteiger partial charge in [-0.25, -0.2) is 8.42 Å². The summed E-state index contributed by atoms with van der Waals surface area (Å²) >= 11 is 6.16. The van der Waals surface area contributed by atoms with E-state index in [1.807, 2.05) is 52.0 Å². The van der Waals surface area contributed by atoms with Crippen LogP contribution in [0, 0.1) is 27.7 Å². The first-order valence-corrected chi connectivity index (χ1v) is 9.25. The zero-order chi connectivity index (χ0) is 17.4. The first-order chi connectivity index (χ1) is 10.7. The molecule has 0 aliphatic heterocycles. The summed E-state index contributed by atoms with van der Waals surface area (Å²) in [6.45, 7) is 7.84. The SMILES string of the molecule is Cc1cc(C)c(C)c(S(=O)(=O)N(C)Cc2ccccc2Cl)c1C. The summed E-state index contributed by atoms with van der Waals surface area (Å²) in [4.78, 5) is 0.407. The van der Waals surface area contributed by atoms with Gasteiger partial charge in [-0.2, -0.15) is 4.31 Å². The van der Waals surface area contributed by atoms with Gasteiger partial charge in [-0.1, -0.05) is 35.9 Å². The second kappa shape index (κ2) is 6.63. The molecule has 0 spiro atoms. The minimum absolute atomic E-state index is 0.244. The molecule has 0 unspecified atom stereocenters. The van der Waals surface area contributed by atoms with Gasteiger partial charge in [-0.3, -0.25) is 0 Å². The predicted molar refractivity (Wildman–Crippen MR) is 95.5 cm³/mol. The number of rotatable bonds is 4. The van der Waals surface area contributed by atoms with E-state index in [-0.39, 0.29) is 6.54 Å². The fourth-order valence-corrected chi connectivity index (χ4v) is 4.59. The van der Waals surface area contributed by atoms with Gasteiger partial charge in [0, 0.05) is 18.6 Å². The minimum Gasteiger partial charge on any atom is -0.207 e. The molecule has 0 fully saturated rings. The summed E-state index contributed by atoms with van der Waals surface area (Å²) in [5, 5.41) is 0.573. The first kappa shape index (κ1) is 18.0. The molecule has 3 nitrogen and oxygen atoms in total. The van der Waals surface area contributed by atoms with Crippen molar-refractivity contribution in [1.29, 1.82) is 0 Å². The molecule has 23 heavy (non-hydrogen) atoms. The van der Waals surface area contributed by atoms with Crippen LogP contribution < -0.4 is 0 Å². The van der Waals surface area contributed by atoms with E-state index in [9.17, 15) is 8.42 Å².